The topological polar surface area (TPSA) is 237 Å². The van der Waals surface area contributed by atoms with Gasteiger partial charge in [-0.2, -0.15) is 0 Å². The van der Waals surface area contributed by atoms with Crippen LogP contribution in [0.5, 0.6) is 0 Å². The summed E-state index contributed by atoms with van der Waals surface area (Å²) in [6, 6.07) is 0. The zero-order valence-corrected chi connectivity index (χ0v) is 64.0. The fourth-order valence-corrected chi connectivity index (χ4v) is 12.2. The highest BCUT2D eigenvalue weighted by Gasteiger charge is 2.30. The highest BCUT2D eigenvalue weighted by atomic mass is 31.2. The van der Waals surface area contributed by atoms with Crippen LogP contribution in [0.2, 0.25) is 0 Å². The lowest BCUT2D eigenvalue weighted by Crippen LogP contribution is -2.30. The predicted octanol–water partition coefficient (Wildman–Crippen LogP) is 22.4. The SMILES string of the molecule is CCCCC/C=C\C/C=C\CCCCCCCC(=O)O[C@H](COC(=O)CCCCCCC/C=C\C=C/CCCCCC)COP(=O)(O)OC[C@@H](O)COP(=O)(O)OC[C@@H](COC(=O)CCCCCCC/C=C\CCCCCCCC)OC(=O)CCCCCCC/C=C\CCCCCC. The first-order valence-electron chi connectivity index (χ1n) is 39.2. The van der Waals surface area contributed by atoms with E-state index >= 15 is 0 Å². The first-order valence-corrected chi connectivity index (χ1v) is 42.2. The summed E-state index contributed by atoms with van der Waals surface area (Å²) in [6.45, 7) is 4.80. The summed E-state index contributed by atoms with van der Waals surface area (Å²) in [5.74, 6) is -2.20. The zero-order valence-electron chi connectivity index (χ0n) is 62.2. The Labute approximate surface area is 596 Å². The molecule has 2 unspecified atom stereocenters. The average molecular weight is 1430 g/mol. The summed E-state index contributed by atoms with van der Waals surface area (Å²) in [4.78, 5) is 72.9. The van der Waals surface area contributed by atoms with Crippen LogP contribution in [0.3, 0.4) is 0 Å². The van der Waals surface area contributed by atoms with Crippen molar-refractivity contribution >= 4 is 39.5 Å². The number of ether oxygens (including phenoxy) is 4. The average Bonchev–Trinajstić information content (AvgIpc) is 0.984. The molecule has 0 aromatic carbocycles. The van der Waals surface area contributed by atoms with Crippen molar-refractivity contribution in [1.82, 2.24) is 0 Å². The molecule has 0 fully saturated rings. The molecule has 0 heterocycles. The second kappa shape index (κ2) is 71.9. The van der Waals surface area contributed by atoms with Gasteiger partial charge in [-0.25, -0.2) is 9.13 Å². The van der Waals surface area contributed by atoms with E-state index in [4.69, 9.17) is 37.0 Å². The van der Waals surface area contributed by atoms with Crippen LogP contribution in [0.15, 0.2) is 72.9 Å². The molecule has 0 aromatic heterocycles. The summed E-state index contributed by atoms with van der Waals surface area (Å²) < 4.78 is 68.5. The number of allylic oxidation sites excluding steroid dienone is 12. The fourth-order valence-electron chi connectivity index (χ4n) is 10.6. The first-order chi connectivity index (χ1) is 47.7. The van der Waals surface area contributed by atoms with E-state index in [9.17, 15) is 43.2 Å². The van der Waals surface area contributed by atoms with E-state index in [0.29, 0.717) is 25.7 Å². The maximum atomic E-state index is 13.1. The standard InChI is InChI=1S/C79H142O17P2/c1-5-9-13-17-21-25-29-33-36-40-43-47-51-55-59-63-76(81)89-69-74(95-78(83)65-61-57-53-49-45-39-32-28-24-20-16-12-8-4)71-93-97(85,86)91-67-73(80)68-92-98(87,88)94-72-75(96-79(84)66-62-58-54-50-46-42-38-35-31-27-23-19-15-11-7-3)70-90-77(82)64-60-56-52-48-44-41-37-34-30-26-22-18-14-10-6-2/h23,26-28,30,32-38,73-75,80H,5-22,24-25,29,31,39-72H2,1-4H3,(H,85,86)(H,87,88)/b27-23-,30-26-,32-28-,36-33-,37-34-,38-35-/t73-,74+,75+/m0/s1. The molecule has 0 aromatic rings. The molecular formula is C79H142O17P2. The van der Waals surface area contributed by atoms with Crippen molar-refractivity contribution in [2.24, 2.45) is 0 Å². The molecule has 5 atom stereocenters. The number of carbonyl (C=O) groups excluding carboxylic acids is 4. The highest BCUT2D eigenvalue weighted by molar-refractivity contribution is 7.47. The van der Waals surface area contributed by atoms with Crippen LogP contribution in [0.4, 0.5) is 0 Å². The van der Waals surface area contributed by atoms with E-state index in [2.05, 4.69) is 101 Å². The number of hydrogen-bond donors (Lipinski definition) is 3. The lowest BCUT2D eigenvalue weighted by molar-refractivity contribution is -0.161. The maximum Gasteiger partial charge on any atom is 0.472 e. The van der Waals surface area contributed by atoms with Crippen molar-refractivity contribution in [3.63, 3.8) is 0 Å². The van der Waals surface area contributed by atoms with Crippen LogP contribution in [0, 0.1) is 0 Å². The Bertz CT molecular complexity index is 2140. The number of hydrogen-bond acceptors (Lipinski definition) is 15. The number of unbranched alkanes of at least 4 members (excludes halogenated alkanes) is 37. The van der Waals surface area contributed by atoms with Crippen LogP contribution in [0.1, 0.15) is 349 Å². The molecule has 0 bridgehead atoms. The summed E-state index contributed by atoms with van der Waals surface area (Å²) in [5, 5.41) is 10.6. The van der Waals surface area contributed by atoms with E-state index in [1.807, 2.05) is 0 Å². The Morgan fingerprint density at radius 3 is 0.857 bits per heavy atom. The van der Waals surface area contributed by atoms with Gasteiger partial charge in [0.25, 0.3) is 0 Å². The van der Waals surface area contributed by atoms with Crippen LogP contribution in [-0.2, 0) is 65.4 Å². The molecule has 17 nitrogen and oxygen atoms in total. The molecule has 0 amide bonds. The van der Waals surface area contributed by atoms with Gasteiger partial charge in [0.15, 0.2) is 12.2 Å². The van der Waals surface area contributed by atoms with Gasteiger partial charge < -0.3 is 33.8 Å². The Morgan fingerprint density at radius 1 is 0.296 bits per heavy atom. The van der Waals surface area contributed by atoms with E-state index < -0.39 is 97.5 Å². The predicted molar refractivity (Wildman–Crippen MR) is 400 cm³/mol. The van der Waals surface area contributed by atoms with Gasteiger partial charge in [0, 0.05) is 25.7 Å². The van der Waals surface area contributed by atoms with Crippen LogP contribution in [0.25, 0.3) is 0 Å². The number of phosphoric acid groups is 2. The van der Waals surface area contributed by atoms with Crippen molar-refractivity contribution in [3.05, 3.63) is 72.9 Å². The van der Waals surface area contributed by atoms with Crippen LogP contribution < -0.4 is 0 Å². The molecular weight excluding hydrogens is 1280 g/mol. The third-order valence-electron chi connectivity index (χ3n) is 16.6. The highest BCUT2D eigenvalue weighted by Crippen LogP contribution is 2.45. The molecule has 0 rings (SSSR count). The van der Waals surface area contributed by atoms with Crippen molar-refractivity contribution in [2.75, 3.05) is 39.6 Å². The quantitative estimate of drug-likeness (QED) is 0.0128. The molecule has 0 aliphatic heterocycles. The molecule has 3 N–H and O–H groups in total. The van der Waals surface area contributed by atoms with E-state index in [0.717, 1.165) is 161 Å². The van der Waals surface area contributed by atoms with E-state index in [1.54, 1.807) is 0 Å². The third-order valence-corrected chi connectivity index (χ3v) is 18.5. The Hall–Kier alpha value is -3.50. The number of phosphoric ester groups is 2. The van der Waals surface area contributed by atoms with Crippen LogP contribution >= 0.6 is 15.6 Å². The maximum absolute atomic E-state index is 13.1. The number of aliphatic hydroxyl groups is 1. The van der Waals surface area contributed by atoms with Crippen molar-refractivity contribution in [2.45, 2.75) is 367 Å². The van der Waals surface area contributed by atoms with Gasteiger partial charge in [0.05, 0.1) is 26.4 Å². The number of aliphatic hydroxyl groups excluding tert-OH is 1. The summed E-state index contributed by atoms with van der Waals surface area (Å²) in [6.07, 6.45) is 71.6. The minimum Gasteiger partial charge on any atom is -0.462 e. The van der Waals surface area contributed by atoms with Gasteiger partial charge in [-0.1, -0.05) is 261 Å². The first kappa shape index (κ1) is 94.5. The molecule has 0 radical (unpaired) electrons. The molecule has 0 spiro atoms. The zero-order chi connectivity index (χ0) is 71.8. The summed E-state index contributed by atoms with van der Waals surface area (Å²) in [5.41, 5.74) is 0. The Kier molecular flexibility index (Phi) is 69.3. The lowest BCUT2D eigenvalue weighted by atomic mass is 10.1. The molecule has 98 heavy (non-hydrogen) atoms. The summed E-state index contributed by atoms with van der Waals surface area (Å²) in [7, 11) is -9.95. The molecule has 570 valence electrons. The van der Waals surface area contributed by atoms with E-state index in [1.165, 1.54) is 109 Å². The van der Waals surface area contributed by atoms with Crippen molar-refractivity contribution < 1.29 is 80.2 Å². The third kappa shape index (κ3) is 70.9. The van der Waals surface area contributed by atoms with Crippen molar-refractivity contribution in [1.29, 1.82) is 0 Å². The molecule has 0 saturated heterocycles. The Morgan fingerprint density at radius 2 is 0.531 bits per heavy atom. The van der Waals surface area contributed by atoms with Gasteiger partial charge >= 0.3 is 39.5 Å². The minimum absolute atomic E-state index is 0.0775. The molecule has 0 saturated carbocycles. The lowest BCUT2D eigenvalue weighted by Gasteiger charge is -2.21. The number of rotatable bonds is 74. The van der Waals surface area contributed by atoms with Crippen LogP contribution in [-0.4, -0.2) is 96.7 Å². The van der Waals surface area contributed by atoms with Gasteiger partial charge in [-0.05, 0) is 135 Å². The van der Waals surface area contributed by atoms with E-state index in [-0.39, 0.29) is 25.7 Å². The second-order valence-corrected chi connectivity index (χ2v) is 29.2. The largest absolute Gasteiger partial charge is 0.472 e. The normalized spacial score (nSPS) is 14.3. The fraction of sp³-hybridized carbons (Fsp3) is 0.797. The number of esters is 4. The van der Waals surface area contributed by atoms with Gasteiger partial charge in [-0.3, -0.25) is 37.3 Å². The van der Waals surface area contributed by atoms with Gasteiger partial charge in [0.1, 0.15) is 19.3 Å². The molecule has 0 aliphatic carbocycles. The minimum atomic E-state index is -4.98. The Balaban J connectivity index is 5.36. The van der Waals surface area contributed by atoms with Crippen molar-refractivity contribution in [3.8, 4) is 0 Å². The van der Waals surface area contributed by atoms with Gasteiger partial charge in [0.2, 0.25) is 0 Å². The number of carbonyl (C=O) groups is 4. The molecule has 19 heteroatoms. The second-order valence-electron chi connectivity index (χ2n) is 26.3. The molecule has 0 aliphatic rings. The monoisotopic (exact) mass is 1420 g/mol. The van der Waals surface area contributed by atoms with Gasteiger partial charge in [-0.15, -0.1) is 0 Å². The summed E-state index contributed by atoms with van der Waals surface area (Å²) >= 11 is 0. The smallest absolute Gasteiger partial charge is 0.462 e.